The maximum absolute atomic E-state index is 12.1. The van der Waals surface area contributed by atoms with Gasteiger partial charge in [0.15, 0.2) is 5.41 Å². The first kappa shape index (κ1) is 16.2. The van der Waals surface area contributed by atoms with Gasteiger partial charge in [0.05, 0.1) is 13.2 Å². The molecule has 0 aliphatic heterocycles. The summed E-state index contributed by atoms with van der Waals surface area (Å²) in [4.78, 5) is 23.8. The van der Waals surface area contributed by atoms with E-state index in [4.69, 9.17) is 9.47 Å². The number of esters is 1. The van der Waals surface area contributed by atoms with Crippen molar-refractivity contribution in [2.24, 2.45) is 5.41 Å². The van der Waals surface area contributed by atoms with Crippen LogP contribution in [-0.2, 0) is 25.5 Å². The van der Waals surface area contributed by atoms with Crippen molar-refractivity contribution in [1.82, 2.24) is 0 Å². The van der Waals surface area contributed by atoms with E-state index in [1.54, 1.807) is 38.1 Å². The number of hydrogen-bond acceptors (Lipinski definition) is 4. The standard InChI is InChI=1S/C15H20O5/c1-3-19-11-15(13(16)17,14(18)20-4-2)10-12-8-6-5-7-9-12/h5-9H,3-4,10-11H2,1-2H3,(H,16,17). The van der Waals surface area contributed by atoms with Crippen LogP contribution in [0.3, 0.4) is 0 Å². The molecule has 0 saturated heterocycles. The lowest BCUT2D eigenvalue weighted by Gasteiger charge is -2.26. The summed E-state index contributed by atoms with van der Waals surface area (Å²) in [5.41, 5.74) is -0.949. The lowest BCUT2D eigenvalue weighted by Crippen LogP contribution is -2.46. The molecule has 110 valence electrons. The van der Waals surface area contributed by atoms with Crippen LogP contribution in [0.4, 0.5) is 0 Å². The molecule has 0 saturated carbocycles. The molecule has 0 amide bonds. The maximum atomic E-state index is 12.1. The zero-order valence-electron chi connectivity index (χ0n) is 11.8. The molecule has 0 radical (unpaired) electrons. The van der Waals surface area contributed by atoms with E-state index in [9.17, 15) is 14.7 Å². The highest BCUT2D eigenvalue weighted by Gasteiger charge is 2.48. The third-order valence-corrected chi connectivity index (χ3v) is 2.98. The Bertz CT molecular complexity index is 443. The van der Waals surface area contributed by atoms with E-state index in [0.29, 0.717) is 6.61 Å². The van der Waals surface area contributed by atoms with E-state index >= 15 is 0 Å². The molecular formula is C15H20O5. The lowest BCUT2D eigenvalue weighted by atomic mass is 9.82. The van der Waals surface area contributed by atoms with Crippen LogP contribution in [0.15, 0.2) is 30.3 Å². The molecule has 20 heavy (non-hydrogen) atoms. The monoisotopic (exact) mass is 280 g/mol. The van der Waals surface area contributed by atoms with Gasteiger partial charge in [0, 0.05) is 13.0 Å². The molecule has 1 rings (SSSR count). The molecule has 5 nitrogen and oxygen atoms in total. The van der Waals surface area contributed by atoms with E-state index in [1.807, 2.05) is 6.07 Å². The Morgan fingerprint density at radius 1 is 1.15 bits per heavy atom. The second-order valence-corrected chi connectivity index (χ2v) is 4.41. The Kier molecular flexibility index (Phi) is 6.18. The summed E-state index contributed by atoms with van der Waals surface area (Å²) < 4.78 is 10.2. The summed E-state index contributed by atoms with van der Waals surface area (Å²) in [7, 11) is 0. The highest BCUT2D eigenvalue weighted by molar-refractivity contribution is 5.99. The number of rotatable bonds is 8. The van der Waals surface area contributed by atoms with Crippen LogP contribution in [0.5, 0.6) is 0 Å². The molecule has 0 fully saturated rings. The van der Waals surface area contributed by atoms with E-state index in [2.05, 4.69) is 0 Å². The molecule has 0 aliphatic rings. The first-order chi connectivity index (χ1) is 9.56. The predicted octanol–water partition coefficient (Wildman–Crippen LogP) is 1.90. The fourth-order valence-corrected chi connectivity index (χ4v) is 1.90. The average molecular weight is 280 g/mol. The van der Waals surface area contributed by atoms with Crippen LogP contribution in [0.25, 0.3) is 0 Å². The van der Waals surface area contributed by atoms with Crippen molar-refractivity contribution in [3.05, 3.63) is 35.9 Å². The Labute approximate surface area is 118 Å². The van der Waals surface area contributed by atoms with Gasteiger partial charge in [-0.25, -0.2) is 0 Å². The topological polar surface area (TPSA) is 72.8 Å². The van der Waals surface area contributed by atoms with Crippen LogP contribution in [0.1, 0.15) is 19.4 Å². The van der Waals surface area contributed by atoms with Crippen LogP contribution >= 0.6 is 0 Å². The third-order valence-electron chi connectivity index (χ3n) is 2.98. The molecule has 1 N–H and O–H groups in total. The maximum Gasteiger partial charge on any atom is 0.326 e. The summed E-state index contributed by atoms with van der Waals surface area (Å²) in [6.07, 6.45) is 0.0437. The van der Waals surface area contributed by atoms with Gasteiger partial charge in [-0.15, -0.1) is 0 Å². The van der Waals surface area contributed by atoms with Crippen LogP contribution in [0, 0.1) is 5.41 Å². The predicted molar refractivity (Wildman–Crippen MR) is 73.3 cm³/mol. The smallest absolute Gasteiger partial charge is 0.326 e. The Hall–Kier alpha value is -1.88. The fraction of sp³-hybridized carbons (Fsp3) is 0.467. The highest BCUT2D eigenvalue weighted by Crippen LogP contribution is 2.26. The number of benzene rings is 1. The number of carbonyl (C=O) groups excluding carboxylic acids is 1. The van der Waals surface area contributed by atoms with E-state index in [1.165, 1.54) is 0 Å². The quantitative estimate of drug-likeness (QED) is 0.581. The van der Waals surface area contributed by atoms with Crippen LogP contribution in [-0.4, -0.2) is 36.9 Å². The summed E-state index contributed by atoms with van der Waals surface area (Å²) in [6.45, 7) is 3.67. The summed E-state index contributed by atoms with van der Waals surface area (Å²) in [5, 5.41) is 9.53. The Balaban J connectivity index is 3.08. The molecule has 0 spiro atoms. The SMILES string of the molecule is CCOCC(Cc1ccccc1)(C(=O)O)C(=O)OCC. The molecule has 0 aromatic heterocycles. The van der Waals surface area contributed by atoms with Crippen LogP contribution < -0.4 is 0 Å². The van der Waals surface area contributed by atoms with Gasteiger partial charge >= 0.3 is 11.9 Å². The zero-order valence-corrected chi connectivity index (χ0v) is 11.8. The zero-order chi connectivity index (χ0) is 15.0. The van der Waals surface area contributed by atoms with Gasteiger partial charge in [0.1, 0.15) is 0 Å². The minimum Gasteiger partial charge on any atom is -0.480 e. The van der Waals surface area contributed by atoms with E-state index in [-0.39, 0.29) is 19.6 Å². The van der Waals surface area contributed by atoms with Crippen LogP contribution in [0.2, 0.25) is 0 Å². The summed E-state index contributed by atoms with van der Waals surface area (Å²) >= 11 is 0. The number of aliphatic carboxylic acids is 1. The third kappa shape index (κ3) is 3.81. The van der Waals surface area contributed by atoms with Gasteiger partial charge in [-0.1, -0.05) is 30.3 Å². The lowest BCUT2D eigenvalue weighted by molar-refractivity contribution is -0.173. The molecule has 1 atom stereocenters. The first-order valence-corrected chi connectivity index (χ1v) is 6.59. The minimum atomic E-state index is -1.70. The summed E-state index contributed by atoms with van der Waals surface area (Å²) in [5.74, 6) is -1.99. The number of hydrogen-bond donors (Lipinski definition) is 1. The molecular weight excluding hydrogens is 260 g/mol. The van der Waals surface area contributed by atoms with Crippen molar-refractivity contribution in [2.75, 3.05) is 19.8 Å². The van der Waals surface area contributed by atoms with Gasteiger partial charge in [0.25, 0.3) is 0 Å². The molecule has 0 aliphatic carbocycles. The summed E-state index contributed by atoms with van der Waals surface area (Å²) in [6, 6.07) is 8.99. The van der Waals surface area contributed by atoms with E-state index in [0.717, 1.165) is 5.56 Å². The minimum absolute atomic E-state index is 0.0437. The van der Waals surface area contributed by atoms with Gasteiger partial charge in [0.2, 0.25) is 0 Å². The van der Waals surface area contributed by atoms with Crippen molar-refractivity contribution >= 4 is 11.9 Å². The number of ether oxygens (including phenoxy) is 2. The Morgan fingerprint density at radius 2 is 1.80 bits per heavy atom. The molecule has 1 unspecified atom stereocenters. The molecule has 0 bridgehead atoms. The Morgan fingerprint density at radius 3 is 2.30 bits per heavy atom. The normalized spacial score (nSPS) is 13.5. The van der Waals surface area contributed by atoms with Gasteiger partial charge in [-0.05, 0) is 19.4 Å². The largest absolute Gasteiger partial charge is 0.480 e. The number of carboxylic acid groups (broad SMARTS) is 1. The average Bonchev–Trinajstić information content (AvgIpc) is 2.44. The van der Waals surface area contributed by atoms with Crippen molar-refractivity contribution < 1.29 is 24.2 Å². The van der Waals surface area contributed by atoms with Crippen molar-refractivity contribution in [2.45, 2.75) is 20.3 Å². The van der Waals surface area contributed by atoms with Gasteiger partial charge < -0.3 is 14.6 Å². The van der Waals surface area contributed by atoms with Crippen molar-refractivity contribution in [3.63, 3.8) is 0 Å². The highest BCUT2D eigenvalue weighted by atomic mass is 16.5. The second-order valence-electron chi connectivity index (χ2n) is 4.41. The fourth-order valence-electron chi connectivity index (χ4n) is 1.90. The van der Waals surface area contributed by atoms with Gasteiger partial charge in [-0.2, -0.15) is 0 Å². The van der Waals surface area contributed by atoms with Gasteiger partial charge in [-0.3, -0.25) is 9.59 Å². The molecule has 0 heterocycles. The molecule has 5 heteroatoms. The molecule has 1 aromatic rings. The molecule has 1 aromatic carbocycles. The van der Waals surface area contributed by atoms with Crippen molar-refractivity contribution in [1.29, 1.82) is 0 Å². The number of carboxylic acids is 1. The number of carbonyl (C=O) groups is 2. The second kappa shape index (κ2) is 7.65. The first-order valence-electron chi connectivity index (χ1n) is 6.59. The van der Waals surface area contributed by atoms with E-state index < -0.39 is 17.4 Å². The van der Waals surface area contributed by atoms with Crippen molar-refractivity contribution in [3.8, 4) is 0 Å².